The van der Waals surface area contributed by atoms with Crippen LogP contribution in [0.5, 0.6) is 5.75 Å². The van der Waals surface area contributed by atoms with Crippen LogP contribution in [0.15, 0.2) is 12.1 Å². The topological polar surface area (TPSA) is 57.5 Å². The Labute approximate surface area is 121 Å². The number of benzene rings is 1. The lowest BCUT2D eigenvalue weighted by Crippen LogP contribution is -2.00. The molecule has 0 radical (unpaired) electrons. The number of phenols is 1. The van der Waals surface area contributed by atoms with E-state index in [1.54, 1.807) is 0 Å². The number of carbonyl (C=O) groups is 1. The van der Waals surface area contributed by atoms with E-state index in [4.69, 9.17) is 5.11 Å². The van der Waals surface area contributed by atoms with Gasteiger partial charge in [-0.2, -0.15) is 0 Å². The molecule has 0 fully saturated rings. The molecule has 2 N–H and O–H groups in total. The summed E-state index contributed by atoms with van der Waals surface area (Å²) in [6.45, 7) is 4.26. The van der Waals surface area contributed by atoms with Crippen LogP contribution in [0, 0.1) is 0 Å². The molecular formula is C17H26O3. The largest absolute Gasteiger partial charge is 0.507 e. The first-order chi connectivity index (χ1) is 9.58. The SMILES string of the molecule is CCCCc1cc(CCC(=O)O)cc(CCCC)c1O. The predicted molar refractivity (Wildman–Crippen MR) is 81.3 cm³/mol. The fourth-order valence-electron chi connectivity index (χ4n) is 2.34. The first-order valence-corrected chi connectivity index (χ1v) is 7.63. The van der Waals surface area contributed by atoms with Crippen molar-refractivity contribution < 1.29 is 15.0 Å². The minimum Gasteiger partial charge on any atom is -0.507 e. The van der Waals surface area contributed by atoms with Crippen LogP contribution >= 0.6 is 0 Å². The number of aliphatic carboxylic acids is 1. The molecule has 1 aromatic carbocycles. The first kappa shape index (κ1) is 16.5. The van der Waals surface area contributed by atoms with Crippen LogP contribution in [0.2, 0.25) is 0 Å². The van der Waals surface area contributed by atoms with Gasteiger partial charge in [0.25, 0.3) is 0 Å². The average Bonchev–Trinajstić information content (AvgIpc) is 2.43. The van der Waals surface area contributed by atoms with Crippen LogP contribution in [-0.4, -0.2) is 16.2 Å². The third kappa shape index (κ3) is 5.24. The minimum atomic E-state index is -0.775. The standard InChI is InChI=1S/C17H26O3/c1-3-5-7-14-11-13(9-10-16(18)19)12-15(17(14)20)8-6-4-2/h11-12,20H,3-10H2,1-2H3,(H,18,19). The monoisotopic (exact) mass is 278 g/mol. The van der Waals surface area contributed by atoms with Crippen LogP contribution in [0.3, 0.4) is 0 Å². The Kier molecular flexibility index (Phi) is 7.13. The van der Waals surface area contributed by atoms with Crippen molar-refractivity contribution >= 4 is 5.97 Å². The Morgan fingerprint density at radius 3 is 1.90 bits per heavy atom. The highest BCUT2D eigenvalue weighted by Crippen LogP contribution is 2.28. The van der Waals surface area contributed by atoms with Gasteiger partial charge >= 0.3 is 5.97 Å². The van der Waals surface area contributed by atoms with Crippen molar-refractivity contribution in [1.29, 1.82) is 0 Å². The van der Waals surface area contributed by atoms with Crippen molar-refractivity contribution in [3.05, 3.63) is 28.8 Å². The number of aryl methyl sites for hydroxylation is 3. The van der Waals surface area contributed by atoms with E-state index in [1.807, 2.05) is 12.1 Å². The molecule has 0 saturated heterocycles. The Bertz CT molecular complexity index is 409. The minimum absolute atomic E-state index is 0.144. The molecule has 0 aromatic heterocycles. The second-order valence-electron chi connectivity index (χ2n) is 5.36. The number of carboxylic acid groups (broad SMARTS) is 1. The van der Waals surface area contributed by atoms with Crippen LogP contribution in [0.25, 0.3) is 0 Å². The van der Waals surface area contributed by atoms with Gasteiger partial charge in [-0.05, 0) is 48.8 Å². The van der Waals surface area contributed by atoms with Gasteiger partial charge in [-0.1, -0.05) is 38.8 Å². The zero-order valence-corrected chi connectivity index (χ0v) is 12.6. The summed E-state index contributed by atoms with van der Waals surface area (Å²) in [5, 5.41) is 19.1. The third-order valence-corrected chi connectivity index (χ3v) is 3.55. The lowest BCUT2D eigenvalue weighted by molar-refractivity contribution is -0.136. The molecule has 1 rings (SSSR count). The molecule has 112 valence electrons. The number of rotatable bonds is 9. The summed E-state index contributed by atoms with van der Waals surface area (Å²) in [6.07, 6.45) is 6.67. The highest BCUT2D eigenvalue weighted by atomic mass is 16.4. The molecule has 3 heteroatoms. The van der Waals surface area contributed by atoms with Crippen LogP contribution < -0.4 is 0 Å². The molecule has 0 heterocycles. The second-order valence-corrected chi connectivity index (χ2v) is 5.36. The predicted octanol–water partition coefficient (Wildman–Crippen LogP) is 4.09. The molecule has 1 aromatic rings. The fourth-order valence-corrected chi connectivity index (χ4v) is 2.34. The molecule has 0 bridgehead atoms. The Morgan fingerprint density at radius 1 is 1.00 bits per heavy atom. The Hall–Kier alpha value is -1.51. The van der Waals surface area contributed by atoms with E-state index in [2.05, 4.69) is 13.8 Å². The number of phenolic OH excluding ortho intramolecular Hbond substituents is 1. The molecular weight excluding hydrogens is 252 g/mol. The number of carboxylic acids is 1. The highest BCUT2D eigenvalue weighted by Gasteiger charge is 2.10. The number of unbranched alkanes of at least 4 members (excludes halogenated alkanes) is 2. The van der Waals surface area contributed by atoms with Gasteiger partial charge in [-0.25, -0.2) is 0 Å². The van der Waals surface area contributed by atoms with E-state index < -0.39 is 5.97 Å². The van der Waals surface area contributed by atoms with Gasteiger partial charge in [0, 0.05) is 6.42 Å². The summed E-state index contributed by atoms with van der Waals surface area (Å²) >= 11 is 0. The van der Waals surface area contributed by atoms with E-state index in [1.165, 1.54) is 0 Å². The Balaban J connectivity index is 2.95. The molecule has 0 unspecified atom stereocenters. The summed E-state index contributed by atoms with van der Waals surface area (Å²) in [5.74, 6) is -0.353. The molecule has 3 nitrogen and oxygen atoms in total. The van der Waals surface area contributed by atoms with Gasteiger partial charge in [0.05, 0.1) is 0 Å². The smallest absolute Gasteiger partial charge is 0.303 e. The maximum Gasteiger partial charge on any atom is 0.303 e. The van der Waals surface area contributed by atoms with Crippen LogP contribution in [-0.2, 0) is 24.1 Å². The van der Waals surface area contributed by atoms with Crippen LogP contribution in [0.4, 0.5) is 0 Å². The van der Waals surface area contributed by atoms with Crippen molar-refractivity contribution in [2.45, 2.75) is 65.2 Å². The van der Waals surface area contributed by atoms with Crippen LogP contribution in [0.1, 0.15) is 62.6 Å². The highest BCUT2D eigenvalue weighted by molar-refractivity contribution is 5.67. The van der Waals surface area contributed by atoms with Crippen molar-refractivity contribution in [3.8, 4) is 5.75 Å². The maximum absolute atomic E-state index is 10.7. The molecule has 0 spiro atoms. The molecule has 0 aliphatic carbocycles. The summed E-state index contributed by atoms with van der Waals surface area (Å²) in [7, 11) is 0. The quantitative estimate of drug-likeness (QED) is 0.715. The molecule has 20 heavy (non-hydrogen) atoms. The van der Waals surface area contributed by atoms with E-state index >= 15 is 0 Å². The van der Waals surface area contributed by atoms with Gasteiger partial charge in [-0.15, -0.1) is 0 Å². The molecule has 0 atom stereocenters. The lowest BCUT2D eigenvalue weighted by Gasteiger charge is -2.13. The Morgan fingerprint density at radius 2 is 1.50 bits per heavy atom. The lowest BCUT2D eigenvalue weighted by atomic mass is 9.95. The summed E-state index contributed by atoms with van der Waals surface area (Å²) in [6, 6.07) is 3.95. The van der Waals surface area contributed by atoms with Crippen molar-refractivity contribution in [2.75, 3.05) is 0 Å². The van der Waals surface area contributed by atoms with Crippen molar-refractivity contribution in [2.24, 2.45) is 0 Å². The summed E-state index contributed by atoms with van der Waals surface area (Å²) in [5.41, 5.74) is 2.98. The summed E-state index contributed by atoms with van der Waals surface area (Å²) in [4.78, 5) is 10.7. The molecule has 0 saturated carbocycles. The van der Waals surface area contributed by atoms with Gasteiger partial charge in [0.15, 0.2) is 0 Å². The van der Waals surface area contributed by atoms with E-state index in [-0.39, 0.29) is 6.42 Å². The van der Waals surface area contributed by atoms with E-state index in [9.17, 15) is 9.90 Å². The normalized spacial score (nSPS) is 10.7. The average molecular weight is 278 g/mol. The third-order valence-electron chi connectivity index (χ3n) is 3.55. The number of hydrogen-bond donors (Lipinski definition) is 2. The molecule has 0 aliphatic rings. The zero-order chi connectivity index (χ0) is 15.0. The second kappa shape index (κ2) is 8.62. The molecule has 0 aliphatic heterocycles. The first-order valence-electron chi connectivity index (χ1n) is 7.63. The van der Waals surface area contributed by atoms with Gasteiger partial charge in [-0.3, -0.25) is 4.79 Å². The van der Waals surface area contributed by atoms with Gasteiger partial charge in [0.2, 0.25) is 0 Å². The van der Waals surface area contributed by atoms with E-state index in [0.29, 0.717) is 12.2 Å². The molecule has 0 amide bonds. The number of aromatic hydroxyl groups is 1. The zero-order valence-electron chi connectivity index (χ0n) is 12.6. The van der Waals surface area contributed by atoms with Crippen molar-refractivity contribution in [3.63, 3.8) is 0 Å². The van der Waals surface area contributed by atoms with Gasteiger partial charge < -0.3 is 10.2 Å². The van der Waals surface area contributed by atoms with Crippen molar-refractivity contribution in [1.82, 2.24) is 0 Å². The number of hydrogen-bond acceptors (Lipinski definition) is 2. The van der Waals surface area contributed by atoms with Gasteiger partial charge in [0.1, 0.15) is 5.75 Å². The fraction of sp³-hybridized carbons (Fsp3) is 0.588. The summed E-state index contributed by atoms with van der Waals surface area (Å²) < 4.78 is 0. The van der Waals surface area contributed by atoms with E-state index in [0.717, 1.165) is 55.2 Å². The maximum atomic E-state index is 10.7.